The van der Waals surface area contributed by atoms with Crippen molar-refractivity contribution in [1.29, 1.82) is 0 Å². The van der Waals surface area contributed by atoms with Gasteiger partial charge in [0.2, 0.25) is 5.91 Å². The van der Waals surface area contributed by atoms with E-state index in [2.05, 4.69) is 5.32 Å². The Bertz CT molecular complexity index is 298. The lowest BCUT2D eigenvalue weighted by atomic mass is 9.96. The summed E-state index contributed by atoms with van der Waals surface area (Å²) in [5, 5.41) is 3.14. The SMILES string of the molecule is C[C@]1(C(=O)NC2CCCCCCC2)CC1(Cl)Cl. The number of amides is 1. The zero-order valence-electron chi connectivity index (χ0n) is 10.4. The topological polar surface area (TPSA) is 29.1 Å². The second-order valence-corrected chi connectivity index (χ2v) is 7.21. The quantitative estimate of drug-likeness (QED) is 0.765. The summed E-state index contributed by atoms with van der Waals surface area (Å²) in [4.78, 5) is 12.1. The van der Waals surface area contributed by atoms with Crippen LogP contribution < -0.4 is 5.32 Å². The van der Waals surface area contributed by atoms with Gasteiger partial charge in [-0.15, -0.1) is 23.2 Å². The zero-order chi connectivity index (χ0) is 12.5. The molecule has 0 aliphatic heterocycles. The Labute approximate surface area is 113 Å². The summed E-state index contributed by atoms with van der Waals surface area (Å²) in [6.45, 7) is 1.85. The molecule has 0 heterocycles. The average molecular weight is 278 g/mol. The van der Waals surface area contributed by atoms with E-state index in [9.17, 15) is 4.79 Å². The third-order valence-corrected chi connectivity index (χ3v) is 5.30. The van der Waals surface area contributed by atoms with Crippen molar-refractivity contribution in [2.75, 3.05) is 0 Å². The maximum Gasteiger partial charge on any atom is 0.229 e. The van der Waals surface area contributed by atoms with Gasteiger partial charge in [0.25, 0.3) is 0 Å². The maximum atomic E-state index is 12.1. The van der Waals surface area contributed by atoms with Crippen LogP contribution in [-0.4, -0.2) is 16.3 Å². The molecule has 2 rings (SSSR count). The molecule has 0 spiro atoms. The fraction of sp³-hybridized carbons (Fsp3) is 0.923. The lowest BCUT2D eigenvalue weighted by molar-refractivity contribution is -0.126. The molecule has 1 atom stereocenters. The van der Waals surface area contributed by atoms with E-state index in [1.165, 1.54) is 32.1 Å². The molecule has 17 heavy (non-hydrogen) atoms. The summed E-state index contributed by atoms with van der Waals surface area (Å²) in [7, 11) is 0. The maximum absolute atomic E-state index is 12.1. The van der Waals surface area contributed by atoms with Gasteiger partial charge in [-0.2, -0.15) is 0 Å². The molecule has 2 saturated carbocycles. The summed E-state index contributed by atoms with van der Waals surface area (Å²) >= 11 is 12.0. The van der Waals surface area contributed by atoms with Gasteiger partial charge in [0, 0.05) is 6.04 Å². The largest absolute Gasteiger partial charge is 0.353 e. The summed E-state index contributed by atoms with van der Waals surface area (Å²) < 4.78 is -0.849. The standard InChI is InChI=1S/C13H21Cl2NO/c1-12(9-13(12,14)15)11(17)16-10-7-5-3-2-4-6-8-10/h10H,2-9H2,1H3,(H,16,17)/t12-/m1/s1. The van der Waals surface area contributed by atoms with E-state index in [1.807, 2.05) is 6.92 Å². The van der Waals surface area contributed by atoms with Crippen molar-refractivity contribution in [2.45, 2.75) is 68.7 Å². The van der Waals surface area contributed by atoms with Crippen LogP contribution in [0.4, 0.5) is 0 Å². The molecule has 0 unspecified atom stereocenters. The highest BCUT2D eigenvalue weighted by atomic mass is 35.5. The molecule has 0 radical (unpaired) electrons. The minimum absolute atomic E-state index is 0.0353. The number of halogens is 2. The van der Waals surface area contributed by atoms with E-state index in [0.717, 1.165) is 12.8 Å². The first-order valence-corrected chi connectivity index (χ1v) is 7.40. The smallest absolute Gasteiger partial charge is 0.229 e. The third-order valence-electron chi connectivity index (χ3n) is 4.20. The van der Waals surface area contributed by atoms with E-state index >= 15 is 0 Å². The van der Waals surface area contributed by atoms with Crippen molar-refractivity contribution in [3.05, 3.63) is 0 Å². The predicted octanol–water partition coefficient (Wildman–Crippen LogP) is 3.80. The first kappa shape index (κ1) is 13.5. The zero-order valence-corrected chi connectivity index (χ0v) is 11.9. The highest BCUT2D eigenvalue weighted by Gasteiger charge is 2.67. The van der Waals surface area contributed by atoms with Crippen molar-refractivity contribution >= 4 is 29.1 Å². The van der Waals surface area contributed by atoms with Crippen molar-refractivity contribution in [1.82, 2.24) is 5.32 Å². The van der Waals surface area contributed by atoms with Crippen LogP contribution in [0.2, 0.25) is 0 Å². The molecular weight excluding hydrogens is 257 g/mol. The van der Waals surface area contributed by atoms with Gasteiger partial charge in [-0.25, -0.2) is 0 Å². The minimum atomic E-state index is -0.849. The lowest BCUT2D eigenvalue weighted by Gasteiger charge is -2.23. The first-order valence-electron chi connectivity index (χ1n) is 6.64. The molecule has 2 nitrogen and oxygen atoms in total. The Morgan fingerprint density at radius 1 is 1.12 bits per heavy atom. The Balaban J connectivity index is 1.85. The number of carbonyl (C=O) groups is 1. The summed E-state index contributed by atoms with van der Waals surface area (Å²) in [6, 6.07) is 0.323. The van der Waals surface area contributed by atoms with Crippen LogP contribution in [0.1, 0.15) is 58.3 Å². The number of hydrogen-bond acceptors (Lipinski definition) is 1. The Kier molecular flexibility index (Phi) is 3.94. The molecule has 0 aromatic rings. The molecule has 0 aromatic heterocycles. The molecule has 1 amide bonds. The number of carbonyl (C=O) groups excluding carboxylic acids is 1. The molecule has 0 aromatic carbocycles. The number of rotatable bonds is 2. The van der Waals surface area contributed by atoms with Crippen LogP contribution in [0.25, 0.3) is 0 Å². The normalized spacial score (nSPS) is 33.6. The van der Waals surface area contributed by atoms with E-state index in [0.29, 0.717) is 12.5 Å². The number of nitrogens with one attached hydrogen (secondary N) is 1. The van der Waals surface area contributed by atoms with E-state index < -0.39 is 9.75 Å². The van der Waals surface area contributed by atoms with Crippen LogP contribution in [0.15, 0.2) is 0 Å². The van der Waals surface area contributed by atoms with Crippen LogP contribution in [0.5, 0.6) is 0 Å². The Hall–Kier alpha value is 0.0500. The number of hydrogen-bond donors (Lipinski definition) is 1. The molecule has 2 fully saturated rings. The lowest BCUT2D eigenvalue weighted by Crippen LogP contribution is -2.40. The summed E-state index contributed by atoms with van der Waals surface area (Å²) in [6.07, 6.45) is 9.12. The number of alkyl halides is 2. The second-order valence-electron chi connectivity index (χ2n) is 5.73. The summed E-state index contributed by atoms with van der Waals surface area (Å²) in [5.74, 6) is 0.0353. The van der Waals surface area contributed by atoms with Crippen molar-refractivity contribution < 1.29 is 4.79 Å². The molecule has 0 saturated heterocycles. The van der Waals surface area contributed by atoms with Crippen molar-refractivity contribution in [3.63, 3.8) is 0 Å². The molecular formula is C13H21Cl2NO. The first-order chi connectivity index (χ1) is 7.96. The van der Waals surface area contributed by atoms with Gasteiger partial charge >= 0.3 is 0 Å². The molecule has 1 N–H and O–H groups in total. The van der Waals surface area contributed by atoms with Gasteiger partial charge in [0.1, 0.15) is 4.33 Å². The Morgan fingerprint density at radius 3 is 2.06 bits per heavy atom. The molecule has 2 aliphatic carbocycles. The summed E-state index contributed by atoms with van der Waals surface area (Å²) in [5.41, 5.74) is -0.571. The van der Waals surface area contributed by atoms with E-state index in [1.54, 1.807) is 0 Å². The van der Waals surface area contributed by atoms with E-state index in [-0.39, 0.29) is 5.91 Å². The molecule has 0 bridgehead atoms. The van der Waals surface area contributed by atoms with Gasteiger partial charge in [0.05, 0.1) is 5.41 Å². The van der Waals surface area contributed by atoms with Crippen molar-refractivity contribution in [2.24, 2.45) is 5.41 Å². The van der Waals surface area contributed by atoms with Gasteiger partial charge in [-0.05, 0) is 26.2 Å². The van der Waals surface area contributed by atoms with Gasteiger partial charge in [-0.3, -0.25) is 4.79 Å². The average Bonchev–Trinajstić information content (AvgIpc) is 2.71. The van der Waals surface area contributed by atoms with Crippen LogP contribution in [0.3, 0.4) is 0 Å². The predicted molar refractivity (Wildman–Crippen MR) is 71.4 cm³/mol. The van der Waals surface area contributed by atoms with E-state index in [4.69, 9.17) is 23.2 Å². The van der Waals surface area contributed by atoms with Gasteiger partial charge < -0.3 is 5.32 Å². The second kappa shape index (κ2) is 4.97. The fourth-order valence-corrected chi connectivity index (χ4v) is 3.30. The highest BCUT2D eigenvalue weighted by Crippen LogP contribution is 2.63. The molecule has 2 aliphatic rings. The minimum Gasteiger partial charge on any atom is -0.353 e. The van der Waals surface area contributed by atoms with Gasteiger partial charge in [0.15, 0.2) is 0 Å². The van der Waals surface area contributed by atoms with Crippen LogP contribution in [-0.2, 0) is 4.79 Å². The third kappa shape index (κ3) is 2.90. The molecule has 4 heteroatoms. The van der Waals surface area contributed by atoms with Crippen LogP contribution in [0, 0.1) is 5.41 Å². The Morgan fingerprint density at radius 2 is 1.59 bits per heavy atom. The van der Waals surface area contributed by atoms with Crippen molar-refractivity contribution in [3.8, 4) is 0 Å². The van der Waals surface area contributed by atoms with Gasteiger partial charge in [-0.1, -0.05) is 32.1 Å². The monoisotopic (exact) mass is 277 g/mol. The van der Waals surface area contributed by atoms with Crippen LogP contribution >= 0.6 is 23.2 Å². The fourth-order valence-electron chi connectivity index (χ4n) is 2.59. The molecule has 98 valence electrons. The highest BCUT2D eigenvalue weighted by molar-refractivity contribution is 6.53.